The van der Waals surface area contributed by atoms with Gasteiger partial charge < -0.3 is 15.4 Å². The van der Waals surface area contributed by atoms with Crippen LogP contribution in [0.3, 0.4) is 0 Å². The van der Waals surface area contributed by atoms with Crippen molar-refractivity contribution in [1.29, 1.82) is 0 Å². The van der Waals surface area contributed by atoms with Crippen molar-refractivity contribution in [3.8, 4) is 5.75 Å². The van der Waals surface area contributed by atoms with Gasteiger partial charge in [0.2, 0.25) is 11.8 Å². The Labute approximate surface area is 161 Å². The number of hydrogen-bond acceptors (Lipinski definition) is 4. The molecule has 1 aliphatic rings. The Hall–Kier alpha value is -2.18. The molecule has 0 spiro atoms. The van der Waals surface area contributed by atoms with E-state index in [0.717, 1.165) is 23.4 Å². The first-order valence-electron chi connectivity index (χ1n) is 8.22. The third-order valence-corrected chi connectivity index (χ3v) is 5.18. The predicted octanol–water partition coefficient (Wildman–Crippen LogP) is 4.43. The fourth-order valence-corrected chi connectivity index (χ4v) is 3.27. The highest BCUT2D eigenvalue weighted by molar-refractivity contribution is 8.00. The lowest BCUT2D eigenvalue weighted by atomic mass is 10.3. The van der Waals surface area contributed by atoms with E-state index >= 15 is 0 Å². The van der Waals surface area contributed by atoms with Gasteiger partial charge in [-0.15, -0.1) is 11.8 Å². The molecular weight excluding hydrogens is 372 g/mol. The molecule has 0 saturated heterocycles. The first-order valence-corrected chi connectivity index (χ1v) is 9.58. The number of benzene rings is 2. The Morgan fingerprint density at radius 3 is 2.42 bits per heavy atom. The summed E-state index contributed by atoms with van der Waals surface area (Å²) in [4.78, 5) is 24.8. The molecular formula is C19H19ClN2O3S. The Balaban J connectivity index is 1.47. The third kappa shape index (κ3) is 5.16. The summed E-state index contributed by atoms with van der Waals surface area (Å²) in [6.45, 7) is 0. The monoisotopic (exact) mass is 390 g/mol. The number of nitrogens with one attached hydrogen (secondary N) is 2. The van der Waals surface area contributed by atoms with Crippen molar-refractivity contribution in [3.05, 3.63) is 47.5 Å². The van der Waals surface area contributed by atoms with Gasteiger partial charge in [-0.1, -0.05) is 11.6 Å². The van der Waals surface area contributed by atoms with Crippen molar-refractivity contribution in [2.45, 2.75) is 17.7 Å². The highest BCUT2D eigenvalue weighted by atomic mass is 35.5. The number of hydrogen-bond donors (Lipinski definition) is 2. The molecule has 0 aromatic heterocycles. The number of methoxy groups -OCH3 is 1. The van der Waals surface area contributed by atoms with Gasteiger partial charge in [0.1, 0.15) is 5.75 Å². The van der Waals surface area contributed by atoms with E-state index < -0.39 is 0 Å². The SMILES string of the molecule is COc1ccc(NC(=O)CSc2ccc(NC(=O)C3CC3)cc2)cc1Cl. The van der Waals surface area contributed by atoms with Crippen molar-refractivity contribution >= 4 is 46.6 Å². The van der Waals surface area contributed by atoms with E-state index in [1.807, 2.05) is 24.3 Å². The molecule has 0 bridgehead atoms. The number of carbonyl (C=O) groups excluding carboxylic acids is 2. The molecule has 3 rings (SSSR count). The van der Waals surface area contributed by atoms with E-state index in [9.17, 15) is 9.59 Å². The normalized spacial score (nSPS) is 13.2. The Kier molecular flexibility index (Phi) is 6.06. The topological polar surface area (TPSA) is 67.4 Å². The molecule has 2 N–H and O–H groups in total. The van der Waals surface area contributed by atoms with Crippen LogP contribution in [0.4, 0.5) is 11.4 Å². The Morgan fingerprint density at radius 2 is 1.81 bits per heavy atom. The first-order chi connectivity index (χ1) is 12.5. The highest BCUT2D eigenvalue weighted by Crippen LogP contribution is 2.30. The van der Waals surface area contributed by atoms with E-state index in [1.54, 1.807) is 25.3 Å². The summed E-state index contributed by atoms with van der Waals surface area (Å²) in [5.74, 6) is 0.981. The first kappa shape index (κ1) is 18.6. The number of thioether (sulfide) groups is 1. The van der Waals surface area contributed by atoms with E-state index in [2.05, 4.69) is 10.6 Å². The summed E-state index contributed by atoms with van der Waals surface area (Å²) in [6.07, 6.45) is 1.96. The zero-order valence-electron chi connectivity index (χ0n) is 14.3. The lowest BCUT2D eigenvalue weighted by molar-refractivity contribution is -0.117. The van der Waals surface area contributed by atoms with Crippen molar-refractivity contribution in [1.82, 2.24) is 0 Å². The molecule has 26 heavy (non-hydrogen) atoms. The van der Waals surface area contributed by atoms with Gasteiger partial charge in [-0.05, 0) is 55.3 Å². The molecule has 1 saturated carbocycles. The van der Waals surface area contributed by atoms with Crippen LogP contribution in [-0.4, -0.2) is 24.7 Å². The molecule has 7 heteroatoms. The number of ether oxygens (including phenoxy) is 1. The average Bonchev–Trinajstić information content (AvgIpc) is 3.46. The van der Waals surface area contributed by atoms with E-state index in [4.69, 9.17) is 16.3 Å². The minimum atomic E-state index is -0.123. The minimum absolute atomic E-state index is 0.0860. The zero-order chi connectivity index (χ0) is 18.5. The average molecular weight is 391 g/mol. The molecule has 1 fully saturated rings. The summed E-state index contributed by atoms with van der Waals surface area (Å²) in [5.41, 5.74) is 1.41. The van der Waals surface area contributed by atoms with Gasteiger partial charge >= 0.3 is 0 Å². The fraction of sp³-hybridized carbons (Fsp3) is 0.263. The molecule has 136 valence electrons. The highest BCUT2D eigenvalue weighted by Gasteiger charge is 2.29. The number of halogens is 1. The van der Waals surface area contributed by atoms with Crippen LogP contribution in [0.2, 0.25) is 5.02 Å². The molecule has 1 aliphatic carbocycles. The maximum Gasteiger partial charge on any atom is 0.234 e. The van der Waals surface area contributed by atoms with Crippen LogP contribution in [0.1, 0.15) is 12.8 Å². The molecule has 5 nitrogen and oxygen atoms in total. The second kappa shape index (κ2) is 8.47. The van der Waals surface area contributed by atoms with Crippen molar-refractivity contribution in [2.75, 3.05) is 23.5 Å². The molecule has 0 unspecified atom stereocenters. The molecule has 2 aromatic carbocycles. The van der Waals surface area contributed by atoms with Crippen LogP contribution >= 0.6 is 23.4 Å². The summed E-state index contributed by atoms with van der Waals surface area (Å²) in [6, 6.07) is 12.6. The van der Waals surface area contributed by atoms with Crippen LogP contribution < -0.4 is 15.4 Å². The van der Waals surface area contributed by atoms with Crippen LogP contribution in [0.5, 0.6) is 5.75 Å². The van der Waals surface area contributed by atoms with Gasteiger partial charge in [0.15, 0.2) is 0 Å². The molecule has 0 heterocycles. The number of anilines is 2. The molecule has 0 atom stereocenters. The van der Waals surface area contributed by atoms with Crippen LogP contribution in [0.15, 0.2) is 47.4 Å². The van der Waals surface area contributed by atoms with Gasteiger partial charge in [0.25, 0.3) is 0 Å². The van der Waals surface area contributed by atoms with Crippen LogP contribution in [0.25, 0.3) is 0 Å². The number of carbonyl (C=O) groups is 2. The zero-order valence-corrected chi connectivity index (χ0v) is 15.8. The van der Waals surface area contributed by atoms with Crippen LogP contribution in [-0.2, 0) is 9.59 Å². The van der Waals surface area contributed by atoms with Crippen molar-refractivity contribution < 1.29 is 14.3 Å². The van der Waals surface area contributed by atoms with Gasteiger partial charge in [-0.25, -0.2) is 0 Å². The molecule has 2 amide bonds. The standard InChI is InChI=1S/C19H19ClN2O3S/c1-25-17-9-6-14(10-16(17)20)21-18(23)11-26-15-7-4-13(5-8-15)22-19(24)12-2-3-12/h4-10,12H,2-3,11H2,1H3,(H,21,23)(H,22,24). The van der Waals surface area contributed by atoms with Crippen molar-refractivity contribution in [2.24, 2.45) is 5.92 Å². The third-order valence-electron chi connectivity index (χ3n) is 3.88. The molecule has 0 aliphatic heterocycles. The van der Waals surface area contributed by atoms with E-state index in [0.29, 0.717) is 16.5 Å². The second-order valence-electron chi connectivity index (χ2n) is 5.97. The summed E-state index contributed by atoms with van der Waals surface area (Å²) < 4.78 is 5.09. The van der Waals surface area contributed by atoms with Gasteiger partial charge in [-0.2, -0.15) is 0 Å². The lowest BCUT2D eigenvalue weighted by Gasteiger charge is -2.08. The van der Waals surface area contributed by atoms with E-state index in [1.165, 1.54) is 11.8 Å². The van der Waals surface area contributed by atoms with Gasteiger partial charge in [-0.3, -0.25) is 9.59 Å². The fourth-order valence-electron chi connectivity index (χ4n) is 2.31. The van der Waals surface area contributed by atoms with Gasteiger partial charge in [0, 0.05) is 22.2 Å². The second-order valence-corrected chi connectivity index (χ2v) is 7.43. The van der Waals surface area contributed by atoms with E-state index in [-0.39, 0.29) is 23.5 Å². The molecule has 2 aromatic rings. The molecule has 0 radical (unpaired) electrons. The quantitative estimate of drug-likeness (QED) is 0.686. The maximum absolute atomic E-state index is 12.1. The Bertz CT molecular complexity index is 807. The number of rotatable bonds is 7. The summed E-state index contributed by atoms with van der Waals surface area (Å²) in [5, 5.41) is 6.14. The summed E-state index contributed by atoms with van der Waals surface area (Å²) >= 11 is 7.47. The lowest BCUT2D eigenvalue weighted by Crippen LogP contribution is -2.14. The Morgan fingerprint density at radius 1 is 1.12 bits per heavy atom. The summed E-state index contributed by atoms with van der Waals surface area (Å²) in [7, 11) is 1.54. The van der Waals surface area contributed by atoms with Gasteiger partial charge in [0.05, 0.1) is 17.9 Å². The van der Waals surface area contributed by atoms with Crippen molar-refractivity contribution in [3.63, 3.8) is 0 Å². The largest absolute Gasteiger partial charge is 0.495 e. The number of amides is 2. The maximum atomic E-state index is 12.1. The van der Waals surface area contributed by atoms with Crippen LogP contribution in [0, 0.1) is 5.92 Å². The minimum Gasteiger partial charge on any atom is -0.495 e. The predicted molar refractivity (Wildman–Crippen MR) is 105 cm³/mol. The smallest absolute Gasteiger partial charge is 0.234 e.